The van der Waals surface area contributed by atoms with Crippen molar-refractivity contribution in [2.45, 2.75) is 6.61 Å². The van der Waals surface area contributed by atoms with Crippen molar-refractivity contribution in [2.24, 2.45) is 0 Å². The summed E-state index contributed by atoms with van der Waals surface area (Å²) in [4.78, 5) is 0. The second kappa shape index (κ2) is 5.03. The zero-order valence-corrected chi connectivity index (χ0v) is 9.94. The Balaban J connectivity index is 1.76. The quantitative estimate of drug-likeness (QED) is 0.785. The van der Waals surface area contributed by atoms with Crippen LogP contribution in [0.25, 0.3) is 5.65 Å². The van der Waals surface area contributed by atoms with Crippen molar-refractivity contribution in [3.63, 3.8) is 0 Å². The first kappa shape index (κ1) is 12.2. The Morgan fingerprint density at radius 3 is 2.65 bits per heavy atom. The molecule has 0 aliphatic carbocycles. The van der Waals surface area contributed by atoms with Crippen LogP contribution in [0, 0.1) is 0 Å². The summed E-state index contributed by atoms with van der Waals surface area (Å²) in [5, 5.41) is 18.0. The lowest BCUT2D eigenvalue weighted by molar-refractivity contribution is -0.0498. The number of fused-ring (bicyclic) bond motifs is 1. The number of nitrogens with zero attached hydrogens (tertiary/aromatic N) is 5. The summed E-state index contributed by atoms with van der Waals surface area (Å²) in [5.74, 6) is 0.613. The van der Waals surface area contributed by atoms with Crippen LogP contribution in [-0.4, -0.2) is 31.9 Å². The van der Waals surface area contributed by atoms with Crippen molar-refractivity contribution in [1.29, 1.82) is 0 Å². The highest BCUT2D eigenvalue weighted by Gasteiger charge is 2.04. The molecule has 9 heteroatoms. The summed E-state index contributed by atoms with van der Waals surface area (Å²) in [7, 11) is 0. The van der Waals surface area contributed by atoms with E-state index in [1.54, 1.807) is 24.3 Å². The zero-order chi connectivity index (χ0) is 13.9. The van der Waals surface area contributed by atoms with Gasteiger partial charge in [0.25, 0.3) is 0 Å². The van der Waals surface area contributed by atoms with E-state index in [-0.39, 0.29) is 5.75 Å². The predicted octanol–water partition coefficient (Wildman–Crippen LogP) is 1.86. The number of nitrogens with one attached hydrogen (secondary N) is 1. The molecular weight excluding hydrogens is 270 g/mol. The van der Waals surface area contributed by atoms with Gasteiger partial charge in [0.2, 0.25) is 0 Å². The monoisotopic (exact) mass is 278 g/mol. The maximum absolute atomic E-state index is 12.0. The molecule has 0 bridgehead atoms. The minimum Gasteiger partial charge on any atom is -0.435 e. The van der Waals surface area contributed by atoms with Crippen molar-refractivity contribution in [3.8, 4) is 5.75 Å². The molecule has 102 valence electrons. The first-order chi connectivity index (χ1) is 9.70. The van der Waals surface area contributed by atoms with Gasteiger partial charge < -0.3 is 10.1 Å². The molecule has 0 fully saturated rings. The summed E-state index contributed by atoms with van der Waals surface area (Å²) < 4.78 is 29.6. The van der Waals surface area contributed by atoms with Crippen LogP contribution in [0.3, 0.4) is 0 Å². The molecule has 20 heavy (non-hydrogen) atoms. The molecule has 0 aliphatic rings. The largest absolute Gasteiger partial charge is 0.435 e. The lowest BCUT2D eigenvalue weighted by Crippen LogP contribution is -2.02. The number of halogens is 2. The van der Waals surface area contributed by atoms with Crippen molar-refractivity contribution in [3.05, 3.63) is 36.4 Å². The molecule has 3 aromatic rings. The van der Waals surface area contributed by atoms with E-state index in [0.29, 0.717) is 17.2 Å². The van der Waals surface area contributed by atoms with E-state index < -0.39 is 6.61 Å². The first-order valence-corrected chi connectivity index (χ1v) is 5.58. The van der Waals surface area contributed by atoms with E-state index in [9.17, 15) is 8.78 Å². The van der Waals surface area contributed by atoms with E-state index >= 15 is 0 Å². The fourth-order valence-corrected chi connectivity index (χ4v) is 1.58. The van der Waals surface area contributed by atoms with E-state index in [0.717, 1.165) is 0 Å². The van der Waals surface area contributed by atoms with Crippen molar-refractivity contribution in [1.82, 2.24) is 25.3 Å². The van der Waals surface area contributed by atoms with Gasteiger partial charge in [0.15, 0.2) is 11.5 Å². The first-order valence-electron chi connectivity index (χ1n) is 5.58. The van der Waals surface area contributed by atoms with E-state index in [2.05, 4.69) is 30.7 Å². The predicted molar refractivity (Wildman–Crippen MR) is 64.9 cm³/mol. The number of tetrazole rings is 1. The van der Waals surface area contributed by atoms with Crippen LogP contribution in [-0.2, 0) is 0 Å². The van der Waals surface area contributed by atoms with Gasteiger partial charge in [-0.2, -0.15) is 8.78 Å². The van der Waals surface area contributed by atoms with Gasteiger partial charge in [-0.1, -0.05) is 0 Å². The second-order valence-corrected chi connectivity index (χ2v) is 3.77. The Morgan fingerprint density at radius 2 is 1.90 bits per heavy atom. The maximum Gasteiger partial charge on any atom is 0.387 e. The molecule has 0 spiro atoms. The number of ether oxygens (including phenoxy) is 1. The Labute approximate surface area is 111 Å². The molecule has 0 aliphatic heterocycles. The van der Waals surface area contributed by atoms with Crippen molar-refractivity contribution in [2.75, 3.05) is 5.32 Å². The number of benzene rings is 1. The number of rotatable bonds is 4. The second-order valence-electron chi connectivity index (χ2n) is 3.77. The normalized spacial score (nSPS) is 10.9. The van der Waals surface area contributed by atoms with Gasteiger partial charge in [-0.3, -0.25) is 0 Å². The number of anilines is 2. The van der Waals surface area contributed by atoms with Gasteiger partial charge >= 0.3 is 6.61 Å². The molecule has 0 unspecified atom stereocenters. The molecule has 1 N–H and O–H groups in total. The summed E-state index contributed by atoms with van der Waals surface area (Å²) in [6, 6.07) is 9.47. The van der Waals surface area contributed by atoms with Gasteiger partial charge in [0.05, 0.1) is 0 Å². The third kappa shape index (κ3) is 2.60. The molecule has 7 nitrogen and oxygen atoms in total. The summed E-state index contributed by atoms with van der Waals surface area (Å²) in [6.45, 7) is -2.84. The minimum atomic E-state index is -2.84. The lowest BCUT2D eigenvalue weighted by atomic mass is 10.3. The van der Waals surface area contributed by atoms with Gasteiger partial charge in [-0.25, -0.2) is 0 Å². The molecule has 1 aromatic carbocycles. The molecule has 0 amide bonds. The van der Waals surface area contributed by atoms with E-state index in [1.165, 1.54) is 16.8 Å². The average Bonchev–Trinajstić information content (AvgIpc) is 2.88. The van der Waals surface area contributed by atoms with Crippen molar-refractivity contribution < 1.29 is 13.5 Å². The van der Waals surface area contributed by atoms with Crippen LogP contribution in [0.1, 0.15) is 0 Å². The highest BCUT2D eigenvalue weighted by atomic mass is 19.3. The topological polar surface area (TPSA) is 77.2 Å². The fourth-order valence-electron chi connectivity index (χ4n) is 1.58. The zero-order valence-electron chi connectivity index (χ0n) is 9.94. The highest BCUT2D eigenvalue weighted by molar-refractivity contribution is 5.57. The molecule has 0 saturated carbocycles. The summed E-state index contributed by atoms with van der Waals surface area (Å²) in [6.07, 6.45) is 0. The standard InChI is InChI=1S/C11H8F2N6O/c12-11(13)20-8-3-1-7(2-4-8)14-9-5-6-10-15-17-18-19(10)16-9/h1-6,11H,(H,14,16). The molecule has 0 atom stereocenters. The van der Waals surface area contributed by atoms with Gasteiger partial charge in [0.1, 0.15) is 5.75 Å². The third-order valence-corrected chi connectivity index (χ3v) is 2.42. The number of hydrogen-bond donors (Lipinski definition) is 1. The van der Waals surface area contributed by atoms with Crippen molar-refractivity contribution >= 4 is 17.2 Å². The minimum absolute atomic E-state index is 0.0921. The van der Waals surface area contributed by atoms with Gasteiger partial charge in [-0.15, -0.1) is 14.8 Å². The fraction of sp³-hybridized carbons (Fsp3) is 0.0909. The number of aromatic nitrogens is 5. The molecule has 0 radical (unpaired) electrons. The number of hydrogen-bond acceptors (Lipinski definition) is 6. The Kier molecular flexibility index (Phi) is 3.07. The van der Waals surface area contributed by atoms with Crippen LogP contribution < -0.4 is 10.1 Å². The number of alkyl halides is 2. The average molecular weight is 278 g/mol. The van der Waals surface area contributed by atoms with Crippen LogP contribution in [0.2, 0.25) is 0 Å². The van der Waals surface area contributed by atoms with Gasteiger partial charge in [-0.05, 0) is 46.8 Å². The maximum atomic E-state index is 12.0. The summed E-state index contributed by atoms with van der Waals surface area (Å²) >= 11 is 0. The molecular formula is C11H8F2N6O. The van der Waals surface area contributed by atoms with Crippen LogP contribution in [0.5, 0.6) is 5.75 Å². The van der Waals surface area contributed by atoms with E-state index in [1.807, 2.05) is 0 Å². The Hall–Kier alpha value is -2.84. The van der Waals surface area contributed by atoms with Crippen LogP contribution >= 0.6 is 0 Å². The highest BCUT2D eigenvalue weighted by Crippen LogP contribution is 2.20. The SMILES string of the molecule is FC(F)Oc1ccc(Nc2ccc3nnnn3n2)cc1. The molecule has 2 heterocycles. The molecule has 2 aromatic heterocycles. The van der Waals surface area contributed by atoms with Crippen LogP contribution in [0.15, 0.2) is 36.4 Å². The summed E-state index contributed by atoms with van der Waals surface area (Å²) in [5.41, 5.74) is 1.20. The smallest absolute Gasteiger partial charge is 0.387 e. The Morgan fingerprint density at radius 1 is 1.10 bits per heavy atom. The lowest BCUT2D eigenvalue weighted by Gasteiger charge is -2.07. The third-order valence-electron chi connectivity index (χ3n) is 2.42. The molecule has 3 rings (SSSR count). The van der Waals surface area contributed by atoms with Crippen LogP contribution in [0.4, 0.5) is 20.3 Å². The van der Waals surface area contributed by atoms with Gasteiger partial charge in [0, 0.05) is 5.69 Å². The Bertz CT molecular complexity index is 714. The van der Waals surface area contributed by atoms with E-state index in [4.69, 9.17) is 0 Å². The molecule has 0 saturated heterocycles.